The van der Waals surface area contributed by atoms with Gasteiger partial charge in [-0.1, -0.05) is 26.7 Å². The van der Waals surface area contributed by atoms with Crippen LogP contribution >= 0.6 is 0 Å². The normalized spacial score (nSPS) is 21.9. The molecule has 0 bridgehead atoms. The molecule has 96 valence electrons. The summed E-state index contributed by atoms with van der Waals surface area (Å²) < 4.78 is 0. The third kappa shape index (κ3) is 4.40. The van der Waals surface area contributed by atoms with Gasteiger partial charge < -0.3 is 15.7 Å². The number of hydrogen-bond donors (Lipinski definition) is 2. The predicted molar refractivity (Wildman–Crippen MR) is 68.3 cm³/mol. The van der Waals surface area contributed by atoms with Gasteiger partial charge in [-0.25, -0.2) is 0 Å². The molecule has 0 heterocycles. The summed E-state index contributed by atoms with van der Waals surface area (Å²) in [7, 11) is 2.09. The van der Waals surface area contributed by atoms with Crippen LogP contribution in [0.5, 0.6) is 0 Å². The third-order valence-corrected chi connectivity index (χ3v) is 3.80. The summed E-state index contributed by atoms with van der Waals surface area (Å²) in [5.74, 6) is 0.544. The Hall–Kier alpha value is -0.120. The minimum Gasteiger partial charge on any atom is -0.389 e. The Kier molecular flexibility index (Phi) is 5.22. The number of likely N-dealkylation sites (N-methyl/N-ethyl adjacent to an activating group) is 1. The van der Waals surface area contributed by atoms with Crippen molar-refractivity contribution in [3.8, 4) is 0 Å². The van der Waals surface area contributed by atoms with E-state index in [1.807, 2.05) is 0 Å². The Bertz CT molecular complexity index is 200. The maximum atomic E-state index is 10.3. The van der Waals surface area contributed by atoms with E-state index in [1.165, 1.54) is 12.8 Å². The molecule has 1 saturated carbocycles. The lowest BCUT2D eigenvalue weighted by Gasteiger charge is -2.29. The van der Waals surface area contributed by atoms with Crippen LogP contribution in [-0.2, 0) is 0 Å². The first-order chi connectivity index (χ1) is 7.43. The fourth-order valence-corrected chi connectivity index (χ4v) is 2.48. The molecule has 1 rings (SSSR count). The molecule has 0 aromatic heterocycles. The summed E-state index contributed by atoms with van der Waals surface area (Å²) in [5, 5.41) is 10.3. The second-order valence-corrected chi connectivity index (χ2v) is 5.87. The van der Waals surface area contributed by atoms with Crippen LogP contribution in [0.3, 0.4) is 0 Å². The van der Waals surface area contributed by atoms with Crippen molar-refractivity contribution in [2.75, 3.05) is 20.1 Å². The first kappa shape index (κ1) is 13.9. The molecule has 1 fully saturated rings. The fraction of sp³-hybridized carbons (Fsp3) is 1.00. The van der Waals surface area contributed by atoms with Gasteiger partial charge in [-0.2, -0.15) is 0 Å². The Balaban J connectivity index is 2.22. The number of rotatable bonds is 6. The van der Waals surface area contributed by atoms with Crippen LogP contribution in [0.1, 0.15) is 46.0 Å². The van der Waals surface area contributed by atoms with Gasteiger partial charge in [-0.15, -0.1) is 0 Å². The maximum Gasteiger partial charge on any atom is 0.0774 e. The van der Waals surface area contributed by atoms with Gasteiger partial charge in [0.2, 0.25) is 0 Å². The molecule has 0 aromatic carbocycles. The van der Waals surface area contributed by atoms with Gasteiger partial charge in [0.05, 0.1) is 5.60 Å². The molecule has 1 unspecified atom stereocenters. The highest BCUT2D eigenvalue weighted by atomic mass is 16.3. The van der Waals surface area contributed by atoms with Crippen LogP contribution in [0.4, 0.5) is 0 Å². The first-order valence-electron chi connectivity index (χ1n) is 6.59. The minimum absolute atomic E-state index is 0.278. The number of hydrogen-bond acceptors (Lipinski definition) is 3. The van der Waals surface area contributed by atoms with E-state index in [2.05, 4.69) is 25.8 Å². The third-order valence-electron chi connectivity index (χ3n) is 3.80. The molecular formula is C13H28N2O. The Morgan fingerprint density at radius 1 is 1.31 bits per heavy atom. The van der Waals surface area contributed by atoms with Crippen molar-refractivity contribution in [2.45, 2.75) is 57.6 Å². The predicted octanol–water partition coefficient (Wildman–Crippen LogP) is 1.60. The molecule has 1 aliphatic carbocycles. The van der Waals surface area contributed by atoms with E-state index >= 15 is 0 Å². The molecular weight excluding hydrogens is 200 g/mol. The lowest BCUT2D eigenvalue weighted by molar-refractivity contribution is 0.0156. The fourth-order valence-electron chi connectivity index (χ4n) is 2.48. The van der Waals surface area contributed by atoms with Crippen molar-refractivity contribution in [3.63, 3.8) is 0 Å². The molecule has 1 atom stereocenters. The van der Waals surface area contributed by atoms with Gasteiger partial charge in [0.15, 0.2) is 0 Å². The number of nitrogens with zero attached hydrogens (tertiary/aromatic N) is 1. The van der Waals surface area contributed by atoms with E-state index in [0.717, 1.165) is 32.4 Å². The van der Waals surface area contributed by atoms with E-state index in [0.29, 0.717) is 5.92 Å². The van der Waals surface area contributed by atoms with Gasteiger partial charge in [0.25, 0.3) is 0 Å². The molecule has 3 N–H and O–H groups in total. The summed E-state index contributed by atoms with van der Waals surface area (Å²) in [4.78, 5) is 2.23. The lowest BCUT2D eigenvalue weighted by Crippen LogP contribution is -2.41. The summed E-state index contributed by atoms with van der Waals surface area (Å²) >= 11 is 0. The molecule has 16 heavy (non-hydrogen) atoms. The molecule has 0 spiro atoms. The molecule has 3 heteroatoms. The molecule has 3 nitrogen and oxygen atoms in total. The maximum absolute atomic E-state index is 10.3. The highest BCUT2D eigenvalue weighted by Crippen LogP contribution is 2.29. The van der Waals surface area contributed by atoms with Gasteiger partial charge in [-0.3, -0.25) is 0 Å². The summed E-state index contributed by atoms with van der Waals surface area (Å²) in [5.41, 5.74) is 5.60. The van der Waals surface area contributed by atoms with E-state index < -0.39 is 5.60 Å². The zero-order valence-electron chi connectivity index (χ0n) is 11.1. The van der Waals surface area contributed by atoms with Gasteiger partial charge in [-0.05, 0) is 38.8 Å². The van der Waals surface area contributed by atoms with E-state index in [1.54, 1.807) is 0 Å². The Morgan fingerprint density at radius 2 is 1.88 bits per heavy atom. The topological polar surface area (TPSA) is 49.5 Å². The SMILES string of the molecule is CC(C)C(N)CCN(C)CC1(O)CCCC1. The largest absolute Gasteiger partial charge is 0.389 e. The zero-order valence-corrected chi connectivity index (χ0v) is 11.1. The van der Waals surface area contributed by atoms with Crippen molar-refractivity contribution in [1.29, 1.82) is 0 Å². The van der Waals surface area contributed by atoms with E-state index in [4.69, 9.17) is 5.73 Å². The molecule has 0 aliphatic heterocycles. The standard InChI is InChI=1S/C13H28N2O/c1-11(2)12(14)6-9-15(3)10-13(16)7-4-5-8-13/h11-12,16H,4-10,14H2,1-3H3. The summed E-state index contributed by atoms with van der Waals surface area (Å²) in [6.07, 6.45) is 5.30. The minimum atomic E-state index is -0.420. The molecule has 0 saturated heterocycles. The quantitative estimate of drug-likeness (QED) is 0.726. The second-order valence-electron chi connectivity index (χ2n) is 5.87. The molecule has 0 radical (unpaired) electrons. The van der Waals surface area contributed by atoms with Crippen molar-refractivity contribution >= 4 is 0 Å². The van der Waals surface area contributed by atoms with Crippen LogP contribution in [0.15, 0.2) is 0 Å². The van der Waals surface area contributed by atoms with E-state index in [-0.39, 0.29) is 6.04 Å². The van der Waals surface area contributed by atoms with Crippen LogP contribution in [-0.4, -0.2) is 41.8 Å². The van der Waals surface area contributed by atoms with Crippen LogP contribution < -0.4 is 5.73 Å². The Morgan fingerprint density at radius 3 is 2.38 bits per heavy atom. The van der Waals surface area contributed by atoms with Crippen molar-refractivity contribution < 1.29 is 5.11 Å². The summed E-state index contributed by atoms with van der Waals surface area (Å²) in [6.45, 7) is 6.11. The van der Waals surface area contributed by atoms with Crippen molar-refractivity contribution in [2.24, 2.45) is 11.7 Å². The Labute approximate surface area is 100 Å². The van der Waals surface area contributed by atoms with Crippen LogP contribution in [0.25, 0.3) is 0 Å². The van der Waals surface area contributed by atoms with Gasteiger partial charge >= 0.3 is 0 Å². The number of nitrogens with two attached hydrogens (primary N) is 1. The lowest BCUT2D eigenvalue weighted by atomic mass is 10.00. The van der Waals surface area contributed by atoms with Crippen molar-refractivity contribution in [3.05, 3.63) is 0 Å². The average molecular weight is 228 g/mol. The smallest absolute Gasteiger partial charge is 0.0774 e. The zero-order chi connectivity index (χ0) is 12.2. The van der Waals surface area contributed by atoms with Gasteiger partial charge in [0, 0.05) is 12.6 Å². The monoisotopic (exact) mass is 228 g/mol. The first-order valence-corrected chi connectivity index (χ1v) is 6.59. The average Bonchev–Trinajstić information content (AvgIpc) is 2.60. The highest BCUT2D eigenvalue weighted by Gasteiger charge is 2.32. The van der Waals surface area contributed by atoms with E-state index in [9.17, 15) is 5.11 Å². The molecule has 1 aliphatic rings. The number of aliphatic hydroxyl groups is 1. The molecule has 0 aromatic rings. The van der Waals surface area contributed by atoms with Gasteiger partial charge in [0.1, 0.15) is 0 Å². The van der Waals surface area contributed by atoms with Crippen molar-refractivity contribution in [1.82, 2.24) is 4.90 Å². The van der Waals surface area contributed by atoms with Crippen LogP contribution in [0, 0.1) is 5.92 Å². The van der Waals surface area contributed by atoms with Crippen LogP contribution in [0.2, 0.25) is 0 Å². The second kappa shape index (κ2) is 5.99. The highest BCUT2D eigenvalue weighted by molar-refractivity contribution is 4.86. The molecule has 0 amide bonds. The summed E-state index contributed by atoms with van der Waals surface area (Å²) in [6, 6.07) is 0.278.